The van der Waals surface area contributed by atoms with E-state index in [0.29, 0.717) is 0 Å². The van der Waals surface area contributed by atoms with Gasteiger partial charge in [-0.05, 0) is 50.3 Å². The average Bonchev–Trinajstić information content (AvgIpc) is 2.38. The summed E-state index contributed by atoms with van der Waals surface area (Å²) >= 11 is 0. The van der Waals surface area contributed by atoms with Crippen LogP contribution >= 0.6 is 0 Å². The maximum atomic E-state index is 9.41. The summed E-state index contributed by atoms with van der Waals surface area (Å²) < 4.78 is 0. The smallest absolute Gasteiger partial charge is 0.0714 e. The highest BCUT2D eigenvalue weighted by Crippen LogP contribution is 2.37. The molecule has 0 aliphatic carbocycles. The van der Waals surface area contributed by atoms with Gasteiger partial charge in [-0.15, -0.1) is 0 Å². The summed E-state index contributed by atoms with van der Waals surface area (Å²) in [4.78, 5) is 2.12. The molecule has 0 heterocycles. The molecule has 0 saturated carbocycles. The Labute approximate surface area is 115 Å². The second-order valence-corrected chi connectivity index (χ2v) is 5.81. The number of benzene rings is 2. The number of nitriles is 1. The number of hydrogen-bond acceptors (Lipinski definition) is 2. The van der Waals surface area contributed by atoms with Crippen LogP contribution in [-0.4, -0.2) is 19.0 Å². The molecule has 0 N–H and O–H groups in total. The molecule has 2 nitrogen and oxygen atoms in total. The van der Waals surface area contributed by atoms with Crippen molar-refractivity contribution in [3.05, 3.63) is 48.0 Å². The first-order valence-electron chi connectivity index (χ1n) is 6.52. The van der Waals surface area contributed by atoms with Gasteiger partial charge in [0.2, 0.25) is 0 Å². The van der Waals surface area contributed by atoms with Gasteiger partial charge in [-0.1, -0.05) is 36.4 Å². The lowest BCUT2D eigenvalue weighted by atomic mass is 9.80. The topological polar surface area (TPSA) is 27.0 Å². The quantitative estimate of drug-likeness (QED) is 0.825. The number of rotatable bonds is 3. The van der Waals surface area contributed by atoms with Gasteiger partial charge in [-0.3, -0.25) is 0 Å². The van der Waals surface area contributed by atoms with E-state index < -0.39 is 5.41 Å². The Morgan fingerprint density at radius 3 is 2.26 bits per heavy atom. The van der Waals surface area contributed by atoms with Crippen molar-refractivity contribution in [3.8, 4) is 6.07 Å². The number of hydrogen-bond donors (Lipinski definition) is 0. The van der Waals surface area contributed by atoms with Crippen molar-refractivity contribution in [3.63, 3.8) is 0 Å². The van der Waals surface area contributed by atoms with Crippen LogP contribution in [0.25, 0.3) is 10.8 Å². The lowest BCUT2D eigenvalue weighted by molar-refractivity contribution is 0.185. The second-order valence-electron chi connectivity index (χ2n) is 5.81. The molecule has 2 aromatic rings. The maximum absolute atomic E-state index is 9.41. The highest BCUT2D eigenvalue weighted by Gasteiger charge is 2.32. The van der Waals surface area contributed by atoms with Crippen LogP contribution in [0.2, 0.25) is 0 Å². The van der Waals surface area contributed by atoms with Gasteiger partial charge in [0, 0.05) is 0 Å². The standard InChI is InChI=1S/C17H20N2/c1-17(2,12-18)16(19(3)4)15-10-9-13-7-5-6-8-14(13)11-15/h5-11,16H,1-4H3. The van der Waals surface area contributed by atoms with Crippen LogP contribution in [-0.2, 0) is 0 Å². The lowest BCUT2D eigenvalue weighted by Gasteiger charge is -2.34. The van der Waals surface area contributed by atoms with E-state index in [0.717, 1.165) is 0 Å². The predicted molar refractivity (Wildman–Crippen MR) is 79.8 cm³/mol. The first-order valence-corrected chi connectivity index (χ1v) is 6.52. The molecule has 0 fully saturated rings. The van der Waals surface area contributed by atoms with Crippen LogP contribution in [0.3, 0.4) is 0 Å². The van der Waals surface area contributed by atoms with E-state index in [9.17, 15) is 5.26 Å². The number of fused-ring (bicyclic) bond motifs is 1. The fourth-order valence-corrected chi connectivity index (χ4v) is 2.80. The summed E-state index contributed by atoms with van der Waals surface area (Å²) in [5.74, 6) is 0. The molecule has 1 unspecified atom stereocenters. The zero-order valence-electron chi connectivity index (χ0n) is 12.0. The maximum Gasteiger partial charge on any atom is 0.0714 e. The molecule has 0 amide bonds. The molecular weight excluding hydrogens is 232 g/mol. The summed E-state index contributed by atoms with van der Waals surface area (Å²) in [6.45, 7) is 3.99. The van der Waals surface area contributed by atoms with Crippen molar-refractivity contribution < 1.29 is 0 Å². The molecule has 0 saturated heterocycles. The van der Waals surface area contributed by atoms with Gasteiger partial charge >= 0.3 is 0 Å². The van der Waals surface area contributed by atoms with Crippen molar-refractivity contribution in [2.24, 2.45) is 5.41 Å². The predicted octanol–water partition coefficient (Wildman–Crippen LogP) is 3.99. The van der Waals surface area contributed by atoms with Crippen molar-refractivity contribution in [1.29, 1.82) is 5.26 Å². The Hall–Kier alpha value is -1.85. The largest absolute Gasteiger partial charge is 0.301 e. The van der Waals surface area contributed by atoms with Crippen LogP contribution in [0.5, 0.6) is 0 Å². The van der Waals surface area contributed by atoms with Crippen molar-refractivity contribution in [2.75, 3.05) is 14.1 Å². The summed E-state index contributed by atoms with van der Waals surface area (Å²) in [6, 6.07) is 17.3. The van der Waals surface area contributed by atoms with Crippen molar-refractivity contribution in [2.45, 2.75) is 19.9 Å². The van der Waals surface area contributed by atoms with Gasteiger partial charge in [0.15, 0.2) is 0 Å². The molecular formula is C17H20N2. The van der Waals surface area contributed by atoms with Gasteiger partial charge in [-0.2, -0.15) is 5.26 Å². The molecule has 0 aliphatic rings. The van der Waals surface area contributed by atoms with Crippen LogP contribution in [0.4, 0.5) is 0 Å². The normalized spacial score (nSPS) is 13.5. The van der Waals surface area contributed by atoms with Gasteiger partial charge in [0.25, 0.3) is 0 Å². The van der Waals surface area contributed by atoms with Gasteiger partial charge in [0.05, 0.1) is 17.5 Å². The zero-order chi connectivity index (χ0) is 14.0. The summed E-state index contributed by atoms with van der Waals surface area (Å²) in [6.07, 6.45) is 0. The minimum atomic E-state index is -0.425. The zero-order valence-corrected chi connectivity index (χ0v) is 12.0. The first-order chi connectivity index (χ1) is 8.95. The Morgan fingerprint density at radius 2 is 1.68 bits per heavy atom. The average molecular weight is 252 g/mol. The Balaban J connectivity index is 2.55. The molecule has 0 aromatic heterocycles. The molecule has 0 bridgehead atoms. The van der Waals surface area contributed by atoms with E-state index in [-0.39, 0.29) is 6.04 Å². The molecule has 2 heteroatoms. The Morgan fingerprint density at radius 1 is 1.05 bits per heavy atom. The molecule has 0 aliphatic heterocycles. The molecule has 2 aromatic carbocycles. The minimum Gasteiger partial charge on any atom is -0.301 e. The van der Waals surface area contributed by atoms with E-state index in [1.54, 1.807) is 0 Å². The fraction of sp³-hybridized carbons (Fsp3) is 0.353. The molecule has 19 heavy (non-hydrogen) atoms. The summed E-state index contributed by atoms with van der Waals surface area (Å²) in [5, 5.41) is 11.9. The summed E-state index contributed by atoms with van der Waals surface area (Å²) in [5.41, 5.74) is 0.765. The van der Waals surface area contributed by atoms with E-state index in [1.807, 2.05) is 40.1 Å². The SMILES string of the molecule is CN(C)C(c1ccc2ccccc2c1)C(C)(C)C#N. The lowest BCUT2D eigenvalue weighted by Crippen LogP contribution is -2.32. The van der Waals surface area contributed by atoms with Gasteiger partial charge < -0.3 is 4.90 Å². The van der Waals surface area contributed by atoms with Crippen molar-refractivity contribution >= 4 is 10.8 Å². The second kappa shape index (κ2) is 5.03. The van der Waals surface area contributed by atoms with Crippen molar-refractivity contribution in [1.82, 2.24) is 4.90 Å². The Bertz CT molecular complexity index is 620. The third-order valence-corrected chi connectivity index (χ3v) is 3.58. The number of nitrogens with zero attached hydrogens (tertiary/aromatic N) is 2. The third-order valence-electron chi connectivity index (χ3n) is 3.58. The van der Waals surface area contributed by atoms with Gasteiger partial charge in [0.1, 0.15) is 0 Å². The molecule has 1 atom stereocenters. The Kier molecular flexibility index (Phi) is 3.59. The fourth-order valence-electron chi connectivity index (χ4n) is 2.80. The third kappa shape index (κ3) is 2.62. The molecule has 0 spiro atoms. The van der Waals surface area contributed by atoms with E-state index in [2.05, 4.69) is 41.3 Å². The van der Waals surface area contributed by atoms with Crippen LogP contribution in [0.15, 0.2) is 42.5 Å². The van der Waals surface area contributed by atoms with Crippen LogP contribution in [0.1, 0.15) is 25.5 Å². The highest BCUT2D eigenvalue weighted by molar-refractivity contribution is 5.83. The molecule has 98 valence electrons. The van der Waals surface area contributed by atoms with Gasteiger partial charge in [-0.25, -0.2) is 0 Å². The van der Waals surface area contributed by atoms with E-state index >= 15 is 0 Å². The van der Waals surface area contributed by atoms with E-state index in [1.165, 1.54) is 16.3 Å². The monoisotopic (exact) mass is 252 g/mol. The van der Waals surface area contributed by atoms with E-state index in [4.69, 9.17) is 0 Å². The summed E-state index contributed by atoms with van der Waals surface area (Å²) in [7, 11) is 4.05. The first kappa shape index (κ1) is 13.6. The molecule has 0 radical (unpaired) electrons. The minimum absolute atomic E-state index is 0.0853. The van der Waals surface area contributed by atoms with Crippen LogP contribution < -0.4 is 0 Å². The molecule has 2 rings (SSSR count). The van der Waals surface area contributed by atoms with Crippen LogP contribution in [0, 0.1) is 16.7 Å². The highest BCUT2D eigenvalue weighted by atomic mass is 15.1.